The van der Waals surface area contributed by atoms with E-state index in [1.165, 1.54) is 12.8 Å². The Labute approximate surface area is 117 Å². The maximum Gasteiger partial charge on any atom is 0.248 e. The van der Waals surface area contributed by atoms with Gasteiger partial charge in [-0.2, -0.15) is 0 Å². The Balaban J connectivity index is 1.88. The first-order valence-corrected chi connectivity index (χ1v) is 6.84. The van der Waals surface area contributed by atoms with Gasteiger partial charge in [0.2, 0.25) is 5.91 Å². The molecule has 0 atom stereocenters. The quantitative estimate of drug-likeness (QED) is 0.712. The van der Waals surface area contributed by atoms with Crippen LogP contribution in [0.4, 0.5) is 0 Å². The SMILES string of the molecule is NC(=O)c1ccc(CNCC2(CCO)CC2)c(Cl)c1. The number of nitrogens with one attached hydrogen (secondary N) is 1. The van der Waals surface area contributed by atoms with Crippen molar-refractivity contribution >= 4 is 17.5 Å². The Bertz CT molecular complexity index is 473. The number of halogens is 1. The van der Waals surface area contributed by atoms with E-state index >= 15 is 0 Å². The van der Waals surface area contributed by atoms with Crippen LogP contribution < -0.4 is 11.1 Å². The van der Waals surface area contributed by atoms with Crippen molar-refractivity contribution in [1.82, 2.24) is 5.32 Å². The molecule has 1 aliphatic carbocycles. The van der Waals surface area contributed by atoms with Gasteiger partial charge in [0.1, 0.15) is 0 Å². The minimum atomic E-state index is -0.471. The number of nitrogens with two attached hydrogens (primary N) is 1. The smallest absolute Gasteiger partial charge is 0.248 e. The summed E-state index contributed by atoms with van der Waals surface area (Å²) in [5.74, 6) is -0.471. The summed E-state index contributed by atoms with van der Waals surface area (Å²) in [5, 5.41) is 12.9. The topological polar surface area (TPSA) is 75.4 Å². The van der Waals surface area contributed by atoms with Gasteiger partial charge in [-0.25, -0.2) is 0 Å². The third-order valence-corrected chi connectivity index (χ3v) is 4.10. The molecule has 104 valence electrons. The third-order valence-electron chi connectivity index (χ3n) is 3.75. The molecule has 19 heavy (non-hydrogen) atoms. The number of hydrogen-bond acceptors (Lipinski definition) is 3. The van der Waals surface area contributed by atoms with Gasteiger partial charge in [0.15, 0.2) is 0 Å². The molecule has 0 saturated heterocycles. The van der Waals surface area contributed by atoms with Gasteiger partial charge in [-0.3, -0.25) is 4.79 Å². The van der Waals surface area contributed by atoms with Gasteiger partial charge in [-0.1, -0.05) is 17.7 Å². The first kappa shape index (κ1) is 14.3. The van der Waals surface area contributed by atoms with Crippen molar-refractivity contribution in [2.24, 2.45) is 11.1 Å². The molecule has 4 N–H and O–H groups in total. The molecule has 5 heteroatoms. The zero-order valence-electron chi connectivity index (χ0n) is 10.8. The number of hydrogen-bond donors (Lipinski definition) is 3. The zero-order chi connectivity index (χ0) is 13.9. The number of primary amides is 1. The Kier molecular flexibility index (Phi) is 4.45. The monoisotopic (exact) mass is 282 g/mol. The molecule has 2 rings (SSSR count). The molecule has 0 radical (unpaired) electrons. The summed E-state index contributed by atoms with van der Waals surface area (Å²) in [6, 6.07) is 5.11. The van der Waals surface area contributed by atoms with Crippen LogP contribution in [0.15, 0.2) is 18.2 Å². The Morgan fingerprint density at radius 2 is 2.21 bits per heavy atom. The number of benzene rings is 1. The molecule has 1 fully saturated rings. The highest BCUT2D eigenvalue weighted by atomic mass is 35.5. The molecule has 1 aromatic rings. The van der Waals surface area contributed by atoms with E-state index in [0.29, 0.717) is 17.1 Å². The molecule has 0 bridgehead atoms. The molecule has 4 nitrogen and oxygen atoms in total. The molecular weight excluding hydrogens is 264 g/mol. The second-order valence-electron chi connectivity index (χ2n) is 5.25. The van der Waals surface area contributed by atoms with E-state index in [9.17, 15) is 4.79 Å². The van der Waals surface area contributed by atoms with Crippen LogP contribution in [0.1, 0.15) is 35.2 Å². The van der Waals surface area contributed by atoms with Gasteiger partial charge < -0.3 is 16.2 Å². The van der Waals surface area contributed by atoms with E-state index in [0.717, 1.165) is 18.5 Å². The highest BCUT2D eigenvalue weighted by Gasteiger charge is 2.41. The molecule has 1 saturated carbocycles. The van der Waals surface area contributed by atoms with Gasteiger partial charge in [-0.15, -0.1) is 0 Å². The van der Waals surface area contributed by atoms with Crippen molar-refractivity contribution in [3.05, 3.63) is 34.3 Å². The summed E-state index contributed by atoms with van der Waals surface area (Å²) in [6.07, 6.45) is 3.21. The zero-order valence-corrected chi connectivity index (χ0v) is 11.5. The third kappa shape index (κ3) is 3.69. The lowest BCUT2D eigenvalue weighted by molar-refractivity contribution is 0.100. The average molecular weight is 283 g/mol. The fourth-order valence-electron chi connectivity index (χ4n) is 2.24. The fraction of sp³-hybridized carbons (Fsp3) is 0.500. The van der Waals surface area contributed by atoms with E-state index in [2.05, 4.69) is 5.32 Å². The van der Waals surface area contributed by atoms with Crippen LogP contribution in [0.2, 0.25) is 5.02 Å². The van der Waals surface area contributed by atoms with E-state index < -0.39 is 5.91 Å². The van der Waals surface area contributed by atoms with E-state index in [4.69, 9.17) is 22.4 Å². The van der Waals surface area contributed by atoms with Crippen LogP contribution in [0.5, 0.6) is 0 Å². The lowest BCUT2D eigenvalue weighted by atomic mass is 10.0. The number of aliphatic hydroxyl groups excluding tert-OH is 1. The molecule has 1 amide bonds. The summed E-state index contributed by atoms with van der Waals surface area (Å²) < 4.78 is 0. The van der Waals surface area contributed by atoms with Gasteiger partial charge in [0.25, 0.3) is 0 Å². The molecule has 0 spiro atoms. The van der Waals surface area contributed by atoms with Gasteiger partial charge in [-0.05, 0) is 42.4 Å². The predicted molar refractivity (Wildman–Crippen MR) is 75.0 cm³/mol. The number of carbonyl (C=O) groups excluding carboxylic acids is 1. The standard InChI is InChI=1S/C14H19ClN2O2/c15-12-7-10(13(16)19)1-2-11(12)8-17-9-14(3-4-14)5-6-18/h1-2,7,17-18H,3-6,8-9H2,(H2,16,19). The maximum atomic E-state index is 11.0. The molecule has 1 aliphatic rings. The predicted octanol–water partition coefficient (Wildman–Crippen LogP) is 1.69. The largest absolute Gasteiger partial charge is 0.396 e. The molecule has 1 aromatic carbocycles. The van der Waals surface area contributed by atoms with Crippen LogP contribution in [0, 0.1) is 5.41 Å². The first-order chi connectivity index (χ1) is 9.06. The normalized spacial score (nSPS) is 16.3. The first-order valence-electron chi connectivity index (χ1n) is 6.46. The number of aliphatic hydroxyl groups is 1. The Morgan fingerprint density at radius 1 is 1.47 bits per heavy atom. The highest BCUT2D eigenvalue weighted by Crippen LogP contribution is 2.47. The van der Waals surface area contributed by atoms with E-state index in [-0.39, 0.29) is 12.0 Å². The number of rotatable bonds is 7. The van der Waals surface area contributed by atoms with Crippen LogP contribution in [0.25, 0.3) is 0 Å². The van der Waals surface area contributed by atoms with Crippen molar-refractivity contribution in [3.63, 3.8) is 0 Å². The van der Waals surface area contributed by atoms with Crippen LogP contribution >= 0.6 is 11.6 Å². The second-order valence-corrected chi connectivity index (χ2v) is 5.65. The summed E-state index contributed by atoms with van der Waals surface area (Å²) in [5.41, 5.74) is 6.85. The van der Waals surface area contributed by atoms with Crippen molar-refractivity contribution in [3.8, 4) is 0 Å². The fourth-order valence-corrected chi connectivity index (χ4v) is 2.48. The van der Waals surface area contributed by atoms with Crippen molar-refractivity contribution in [2.75, 3.05) is 13.2 Å². The van der Waals surface area contributed by atoms with Crippen LogP contribution in [-0.4, -0.2) is 24.2 Å². The maximum absolute atomic E-state index is 11.0. The summed E-state index contributed by atoms with van der Waals surface area (Å²) in [7, 11) is 0. The minimum Gasteiger partial charge on any atom is -0.396 e. The van der Waals surface area contributed by atoms with Crippen molar-refractivity contribution in [1.29, 1.82) is 0 Å². The van der Waals surface area contributed by atoms with Gasteiger partial charge in [0, 0.05) is 30.3 Å². The molecular formula is C14H19ClN2O2. The minimum absolute atomic E-state index is 0.246. The van der Waals surface area contributed by atoms with E-state index in [1.54, 1.807) is 12.1 Å². The number of carbonyl (C=O) groups is 1. The lowest BCUT2D eigenvalue weighted by Gasteiger charge is -2.15. The molecule has 0 aromatic heterocycles. The van der Waals surface area contributed by atoms with Crippen LogP contribution in [-0.2, 0) is 6.54 Å². The molecule has 0 aliphatic heterocycles. The van der Waals surface area contributed by atoms with Crippen molar-refractivity contribution in [2.45, 2.75) is 25.8 Å². The van der Waals surface area contributed by atoms with Crippen LogP contribution in [0.3, 0.4) is 0 Å². The highest BCUT2D eigenvalue weighted by molar-refractivity contribution is 6.31. The number of amides is 1. The van der Waals surface area contributed by atoms with E-state index in [1.807, 2.05) is 6.07 Å². The lowest BCUT2D eigenvalue weighted by Crippen LogP contribution is -2.24. The second kappa shape index (κ2) is 5.90. The summed E-state index contributed by atoms with van der Waals surface area (Å²) in [4.78, 5) is 11.0. The Morgan fingerprint density at radius 3 is 2.74 bits per heavy atom. The average Bonchev–Trinajstić information content (AvgIpc) is 3.11. The van der Waals surface area contributed by atoms with Gasteiger partial charge in [0.05, 0.1) is 0 Å². The van der Waals surface area contributed by atoms with Gasteiger partial charge >= 0.3 is 0 Å². The summed E-state index contributed by atoms with van der Waals surface area (Å²) >= 11 is 6.11. The summed E-state index contributed by atoms with van der Waals surface area (Å²) in [6.45, 7) is 1.79. The van der Waals surface area contributed by atoms with Crippen molar-refractivity contribution < 1.29 is 9.90 Å². The Hall–Kier alpha value is -1.10. The molecule has 0 heterocycles. The molecule has 0 unspecified atom stereocenters.